The van der Waals surface area contributed by atoms with Crippen molar-refractivity contribution in [2.24, 2.45) is 0 Å². The highest BCUT2D eigenvalue weighted by molar-refractivity contribution is 5.90. The van der Waals surface area contributed by atoms with E-state index in [-0.39, 0.29) is 19.0 Å². The Bertz CT molecular complexity index is 1290. The zero-order chi connectivity index (χ0) is 30.5. The first-order valence-corrected chi connectivity index (χ1v) is 14.4. The van der Waals surface area contributed by atoms with E-state index in [9.17, 15) is 14.4 Å². The van der Waals surface area contributed by atoms with Crippen LogP contribution in [0.25, 0.3) is 10.8 Å². The Kier molecular flexibility index (Phi) is 12.7. The van der Waals surface area contributed by atoms with E-state index in [0.717, 1.165) is 16.3 Å². The molecule has 2 atom stereocenters. The Balaban J connectivity index is 1.97. The molecule has 0 fully saturated rings. The zero-order valence-corrected chi connectivity index (χ0v) is 25.1. The van der Waals surface area contributed by atoms with Gasteiger partial charge in [0, 0.05) is 33.4 Å². The maximum absolute atomic E-state index is 14.5. The van der Waals surface area contributed by atoms with Gasteiger partial charge in [0.05, 0.1) is 12.6 Å². The summed E-state index contributed by atoms with van der Waals surface area (Å²) in [5.74, 6) is -0.737. The van der Waals surface area contributed by atoms with E-state index in [2.05, 4.69) is 16.1 Å². The van der Waals surface area contributed by atoms with Crippen molar-refractivity contribution in [1.29, 1.82) is 0 Å². The summed E-state index contributed by atoms with van der Waals surface area (Å²) >= 11 is 0. The highest BCUT2D eigenvalue weighted by Crippen LogP contribution is 2.25. The van der Waals surface area contributed by atoms with E-state index in [0.29, 0.717) is 25.3 Å². The van der Waals surface area contributed by atoms with Gasteiger partial charge in [-0.3, -0.25) is 15.0 Å². The van der Waals surface area contributed by atoms with Crippen LogP contribution in [0, 0.1) is 0 Å². The molecule has 0 aliphatic rings. The predicted octanol–water partition coefficient (Wildman–Crippen LogP) is 3.98. The van der Waals surface area contributed by atoms with Gasteiger partial charge in [0.25, 0.3) is 5.91 Å². The Hall–Kier alpha value is -3.99. The molecule has 3 aromatic carbocycles. The fourth-order valence-electron chi connectivity index (χ4n) is 4.77. The van der Waals surface area contributed by atoms with Crippen molar-refractivity contribution in [3.8, 4) is 0 Å². The zero-order valence-electron chi connectivity index (χ0n) is 25.1. The molecule has 0 aromatic heterocycles. The maximum atomic E-state index is 14.5. The molecule has 10 nitrogen and oxygen atoms in total. The number of carbonyl (C=O) groups is 3. The lowest BCUT2D eigenvalue weighted by Crippen LogP contribution is -2.53. The van der Waals surface area contributed by atoms with Crippen LogP contribution in [0.2, 0.25) is 0 Å². The normalized spacial score (nSPS) is 12.6. The molecule has 0 unspecified atom stereocenters. The van der Waals surface area contributed by atoms with Gasteiger partial charge < -0.3 is 25.0 Å². The number of nitrogens with one attached hydrogen (secondary N) is 3. The van der Waals surface area contributed by atoms with Crippen molar-refractivity contribution in [3.63, 3.8) is 0 Å². The summed E-state index contributed by atoms with van der Waals surface area (Å²) in [4.78, 5) is 41.4. The number of likely N-dealkylation sites (N-methyl/N-ethyl adjacent to an activating group) is 1. The second kappa shape index (κ2) is 16.5. The minimum absolute atomic E-state index is 0.160. The lowest BCUT2D eigenvalue weighted by molar-refractivity contribution is -0.180. The molecule has 226 valence electrons. The lowest BCUT2D eigenvalue weighted by atomic mass is 10.0. The van der Waals surface area contributed by atoms with E-state index in [1.165, 1.54) is 5.01 Å². The first-order valence-electron chi connectivity index (χ1n) is 14.4. The van der Waals surface area contributed by atoms with Crippen molar-refractivity contribution in [2.75, 3.05) is 33.4 Å². The Labute approximate surface area is 248 Å². The summed E-state index contributed by atoms with van der Waals surface area (Å²) in [5.41, 5.74) is 4.18. The first kappa shape index (κ1) is 32.5. The molecular formula is C32H43N5O5. The molecule has 3 rings (SSSR count). The third kappa shape index (κ3) is 9.01. The third-order valence-electron chi connectivity index (χ3n) is 6.75. The van der Waals surface area contributed by atoms with Crippen molar-refractivity contribution >= 4 is 28.6 Å². The molecule has 3 aromatic rings. The second-order valence-electron chi connectivity index (χ2n) is 9.86. The molecule has 0 saturated carbocycles. The third-order valence-corrected chi connectivity index (χ3v) is 6.75. The number of ether oxygens (including phenoxy) is 2. The average Bonchev–Trinajstić information content (AvgIpc) is 2.98. The summed E-state index contributed by atoms with van der Waals surface area (Å²) in [6, 6.07) is 21.3. The molecule has 0 aliphatic heterocycles. The van der Waals surface area contributed by atoms with Gasteiger partial charge in [-0.2, -0.15) is 0 Å². The number of fused-ring (bicyclic) bond motifs is 1. The van der Waals surface area contributed by atoms with Gasteiger partial charge in [0.15, 0.2) is 6.29 Å². The highest BCUT2D eigenvalue weighted by atomic mass is 16.7. The predicted molar refractivity (Wildman–Crippen MR) is 163 cm³/mol. The number of benzene rings is 3. The van der Waals surface area contributed by atoms with E-state index < -0.39 is 30.3 Å². The quantitative estimate of drug-likeness (QED) is 0.186. The van der Waals surface area contributed by atoms with Crippen LogP contribution in [0.5, 0.6) is 0 Å². The number of amides is 4. The number of urea groups is 1. The van der Waals surface area contributed by atoms with Gasteiger partial charge in [-0.1, -0.05) is 72.8 Å². The van der Waals surface area contributed by atoms with Crippen LogP contribution in [-0.2, 0) is 25.6 Å². The average molecular weight is 578 g/mol. The number of carbonyl (C=O) groups excluding carboxylic acids is 3. The van der Waals surface area contributed by atoms with Gasteiger partial charge in [-0.25, -0.2) is 9.80 Å². The number of nitrogens with zero attached hydrogens (tertiary/aromatic N) is 2. The Morgan fingerprint density at radius 1 is 0.857 bits per heavy atom. The van der Waals surface area contributed by atoms with E-state index in [1.807, 2.05) is 93.6 Å². The van der Waals surface area contributed by atoms with Gasteiger partial charge >= 0.3 is 6.03 Å². The molecule has 0 heterocycles. The fourth-order valence-corrected chi connectivity index (χ4v) is 4.77. The van der Waals surface area contributed by atoms with Gasteiger partial charge in [0.1, 0.15) is 6.04 Å². The number of hydrazine groups is 1. The standard InChI is InChI=1S/C32H43N5O5/c1-6-33-32(40)35-36(5)22-28(38)34-29(25-16-10-9-11-17-25)30(39)37(23(4)31(41-7-2)42-8-3)21-26-19-14-18-24-15-12-13-20-27(24)26/h9-20,23,29,31H,6-8,21-22H2,1-5H3,(H,34,38)(H2,33,35,40)/t23-,29-/m0/s1. The minimum atomic E-state index is -0.988. The van der Waals surface area contributed by atoms with Gasteiger partial charge in [0.2, 0.25) is 5.91 Å². The summed E-state index contributed by atoms with van der Waals surface area (Å²) < 4.78 is 11.8. The molecule has 0 saturated heterocycles. The van der Waals surface area contributed by atoms with Crippen LogP contribution in [0.1, 0.15) is 44.9 Å². The van der Waals surface area contributed by atoms with E-state index in [1.54, 1.807) is 18.9 Å². The summed E-state index contributed by atoms with van der Waals surface area (Å²) in [7, 11) is 1.58. The largest absolute Gasteiger partial charge is 0.351 e. The molecule has 0 spiro atoms. The number of hydrogen-bond acceptors (Lipinski definition) is 6. The van der Waals surface area contributed by atoms with Crippen LogP contribution in [0.3, 0.4) is 0 Å². The monoisotopic (exact) mass is 577 g/mol. The lowest BCUT2D eigenvalue weighted by Gasteiger charge is -2.37. The van der Waals surface area contributed by atoms with Gasteiger partial charge in [-0.15, -0.1) is 0 Å². The van der Waals surface area contributed by atoms with Crippen molar-refractivity contribution in [1.82, 2.24) is 26.0 Å². The molecule has 3 N–H and O–H groups in total. The van der Waals surface area contributed by atoms with Crippen LogP contribution in [0.15, 0.2) is 72.8 Å². The van der Waals surface area contributed by atoms with Crippen molar-refractivity contribution < 1.29 is 23.9 Å². The molecule has 42 heavy (non-hydrogen) atoms. The molecular weight excluding hydrogens is 534 g/mol. The first-order chi connectivity index (χ1) is 20.3. The van der Waals surface area contributed by atoms with E-state index in [4.69, 9.17) is 9.47 Å². The SMILES string of the molecule is CCNC(=O)NN(C)CC(=O)N[C@H](C(=O)N(Cc1cccc2ccccc12)[C@@H](C)C(OCC)OCC)c1ccccc1. The van der Waals surface area contributed by atoms with Crippen molar-refractivity contribution in [3.05, 3.63) is 83.9 Å². The van der Waals surface area contributed by atoms with Crippen LogP contribution >= 0.6 is 0 Å². The minimum Gasteiger partial charge on any atom is -0.351 e. The molecule has 4 amide bonds. The van der Waals surface area contributed by atoms with E-state index >= 15 is 0 Å². The Morgan fingerprint density at radius 3 is 2.17 bits per heavy atom. The number of hydrogen-bond donors (Lipinski definition) is 3. The topological polar surface area (TPSA) is 112 Å². The molecule has 0 bridgehead atoms. The summed E-state index contributed by atoms with van der Waals surface area (Å²) in [6.07, 6.45) is -0.668. The Morgan fingerprint density at radius 2 is 1.50 bits per heavy atom. The second-order valence-corrected chi connectivity index (χ2v) is 9.86. The summed E-state index contributed by atoms with van der Waals surface area (Å²) in [5, 5.41) is 8.99. The molecule has 0 radical (unpaired) electrons. The molecule has 10 heteroatoms. The van der Waals surface area contributed by atoms with Crippen LogP contribution < -0.4 is 16.1 Å². The van der Waals surface area contributed by atoms with Crippen molar-refractivity contribution in [2.45, 2.75) is 52.6 Å². The maximum Gasteiger partial charge on any atom is 0.329 e. The molecule has 0 aliphatic carbocycles. The van der Waals surface area contributed by atoms with Crippen LogP contribution in [0.4, 0.5) is 4.79 Å². The van der Waals surface area contributed by atoms with Gasteiger partial charge in [-0.05, 0) is 49.6 Å². The smallest absolute Gasteiger partial charge is 0.329 e. The fraction of sp³-hybridized carbons (Fsp3) is 0.406. The highest BCUT2D eigenvalue weighted by Gasteiger charge is 2.34. The van der Waals surface area contributed by atoms with Crippen LogP contribution in [-0.4, -0.2) is 73.4 Å². The number of rotatable bonds is 15. The summed E-state index contributed by atoms with van der Waals surface area (Å²) in [6.45, 7) is 8.85.